The van der Waals surface area contributed by atoms with E-state index in [2.05, 4.69) is 32.0 Å². The predicted octanol–water partition coefficient (Wildman–Crippen LogP) is 0.262. The molecule has 170 valence electrons. The number of alkyl halides is 3. The number of rotatable bonds is 3. The van der Waals surface area contributed by atoms with Crippen molar-refractivity contribution in [1.29, 1.82) is 0 Å². The quantitative estimate of drug-likeness (QED) is 0.651. The van der Waals surface area contributed by atoms with Gasteiger partial charge in [-0.1, -0.05) is 5.92 Å². The van der Waals surface area contributed by atoms with Crippen LogP contribution >= 0.6 is 0 Å². The molecule has 3 rings (SSSR count). The summed E-state index contributed by atoms with van der Waals surface area (Å²) in [6, 6.07) is 0. The minimum absolute atomic E-state index is 0.101. The van der Waals surface area contributed by atoms with Gasteiger partial charge in [0.1, 0.15) is 0 Å². The normalized spacial score (nSPS) is 13.8. The van der Waals surface area contributed by atoms with Crippen LogP contribution in [0.15, 0.2) is 4.79 Å². The molecule has 1 fully saturated rings. The molecule has 13 heteroatoms. The van der Waals surface area contributed by atoms with Gasteiger partial charge in [-0.05, 0) is 6.92 Å². The summed E-state index contributed by atoms with van der Waals surface area (Å²) in [6.45, 7) is 5.73. The van der Waals surface area contributed by atoms with Crippen LogP contribution in [0.3, 0.4) is 0 Å². The molecule has 0 bridgehead atoms. The summed E-state index contributed by atoms with van der Waals surface area (Å²) in [6.07, 6.45) is -5.08. The first-order chi connectivity index (χ1) is 14.5. The van der Waals surface area contributed by atoms with E-state index in [4.69, 9.17) is 9.90 Å². The second-order valence-electron chi connectivity index (χ2n) is 6.81. The van der Waals surface area contributed by atoms with E-state index in [0.717, 1.165) is 32.1 Å². The number of aromatic nitrogens is 4. The number of imidazole rings is 1. The van der Waals surface area contributed by atoms with Crippen LogP contribution in [0, 0.1) is 11.8 Å². The van der Waals surface area contributed by atoms with Crippen molar-refractivity contribution in [3.05, 3.63) is 10.4 Å². The Morgan fingerprint density at radius 1 is 1.26 bits per heavy atom. The van der Waals surface area contributed by atoms with Crippen LogP contribution in [-0.4, -0.2) is 76.6 Å². The monoisotopic (exact) mass is 443 g/mol. The number of halogens is 3. The number of nitrogens with one attached hydrogen (secondary N) is 1. The molecular formula is C18H24F3N7O3. The SMILES string of the molecule is CC#CCn1c(N2CCNCC2)nc2nc(N(C)C)n(C)c(=O)c21.O=C(O)C(F)(F)F. The Kier molecular flexibility index (Phi) is 7.50. The number of aliphatic carboxylic acids is 1. The van der Waals surface area contributed by atoms with Gasteiger partial charge in [-0.2, -0.15) is 23.1 Å². The van der Waals surface area contributed by atoms with Crippen molar-refractivity contribution in [2.75, 3.05) is 50.1 Å². The maximum absolute atomic E-state index is 12.9. The number of piperazine rings is 1. The van der Waals surface area contributed by atoms with Gasteiger partial charge in [0.05, 0.1) is 6.54 Å². The molecule has 0 unspecified atom stereocenters. The van der Waals surface area contributed by atoms with Crippen molar-refractivity contribution >= 4 is 29.0 Å². The number of hydrogen-bond acceptors (Lipinski definition) is 7. The first-order valence-corrected chi connectivity index (χ1v) is 9.29. The van der Waals surface area contributed by atoms with Crippen molar-refractivity contribution in [2.45, 2.75) is 19.6 Å². The Bertz CT molecular complexity index is 1060. The summed E-state index contributed by atoms with van der Waals surface area (Å²) in [5.41, 5.74) is 0.892. The van der Waals surface area contributed by atoms with Crippen molar-refractivity contribution in [2.24, 2.45) is 7.05 Å². The third-order valence-electron chi connectivity index (χ3n) is 4.40. The molecular weight excluding hydrogens is 419 g/mol. The molecule has 0 atom stereocenters. The largest absolute Gasteiger partial charge is 0.490 e. The highest BCUT2D eigenvalue weighted by molar-refractivity contribution is 5.76. The standard InChI is InChI=1S/C16H23N7O.C2HF3O2/c1-5-6-9-23-12-13(18-15(20(2)3)21(4)14(12)24)19-16(23)22-10-7-17-8-11-22;3-2(4,5)1(6)7/h17H,7-11H2,1-4H3;(H,6,7). The molecule has 1 saturated heterocycles. The van der Waals surface area contributed by atoms with Crippen LogP contribution in [0.5, 0.6) is 0 Å². The minimum Gasteiger partial charge on any atom is -0.475 e. The first kappa shape index (κ1) is 24.0. The molecule has 0 aliphatic carbocycles. The second-order valence-corrected chi connectivity index (χ2v) is 6.81. The highest BCUT2D eigenvalue weighted by atomic mass is 19.4. The zero-order valence-corrected chi connectivity index (χ0v) is 17.6. The number of fused-ring (bicyclic) bond motifs is 1. The van der Waals surface area contributed by atoms with Gasteiger partial charge in [0.25, 0.3) is 5.56 Å². The van der Waals surface area contributed by atoms with Gasteiger partial charge in [-0.25, -0.2) is 4.79 Å². The lowest BCUT2D eigenvalue weighted by Gasteiger charge is -2.28. The fourth-order valence-corrected chi connectivity index (χ4v) is 2.95. The molecule has 2 N–H and O–H groups in total. The van der Waals surface area contributed by atoms with Crippen molar-refractivity contribution in [3.8, 4) is 11.8 Å². The first-order valence-electron chi connectivity index (χ1n) is 9.29. The molecule has 0 amide bonds. The molecule has 0 radical (unpaired) electrons. The summed E-state index contributed by atoms with van der Waals surface area (Å²) in [7, 11) is 5.46. The average Bonchev–Trinajstić information content (AvgIpc) is 3.08. The molecule has 31 heavy (non-hydrogen) atoms. The number of hydrogen-bond donors (Lipinski definition) is 2. The molecule has 10 nitrogen and oxygen atoms in total. The fourth-order valence-electron chi connectivity index (χ4n) is 2.95. The predicted molar refractivity (Wildman–Crippen MR) is 109 cm³/mol. The van der Waals surface area contributed by atoms with Crippen molar-refractivity contribution in [3.63, 3.8) is 0 Å². The van der Waals surface area contributed by atoms with Crippen LogP contribution in [-0.2, 0) is 18.4 Å². The smallest absolute Gasteiger partial charge is 0.475 e. The van der Waals surface area contributed by atoms with E-state index in [9.17, 15) is 18.0 Å². The van der Waals surface area contributed by atoms with E-state index in [-0.39, 0.29) is 5.56 Å². The number of nitrogens with zero attached hydrogens (tertiary/aromatic N) is 6. The summed E-state index contributed by atoms with van der Waals surface area (Å²) in [5.74, 6) is 4.55. The third kappa shape index (κ3) is 5.46. The van der Waals surface area contributed by atoms with Crippen LogP contribution < -0.4 is 20.7 Å². The van der Waals surface area contributed by atoms with Gasteiger partial charge in [-0.15, -0.1) is 5.92 Å². The Morgan fingerprint density at radius 2 is 1.84 bits per heavy atom. The highest BCUT2D eigenvalue weighted by Crippen LogP contribution is 2.21. The Labute approximate surface area is 176 Å². The zero-order valence-electron chi connectivity index (χ0n) is 17.6. The van der Waals surface area contributed by atoms with Gasteiger partial charge in [-0.3, -0.25) is 13.9 Å². The van der Waals surface area contributed by atoms with Crippen LogP contribution in [0.25, 0.3) is 11.2 Å². The molecule has 0 saturated carbocycles. The molecule has 2 aromatic rings. The second kappa shape index (κ2) is 9.69. The van der Waals surface area contributed by atoms with E-state index >= 15 is 0 Å². The number of anilines is 2. The molecule has 0 aromatic carbocycles. The molecule has 1 aliphatic rings. The fraction of sp³-hybridized carbons (Fsp3) is 0.556. The lowest BCUT2D eigenvalue weighted by atomic mass is 10.4. The van der Waals surface area contributed by atoms with E-state index in [0.29, 0.717) is 23.7 Å². The summed E-state index contributed by atoms with van der Waals surface area (Å²) >= 11 is 0. The Balaban J connectivity index is 0.000000423. The van der Waals surface area contributed by atoms with Crippen molar-refractivity contribution < 1.29 is 23.1 Å². The topological polar surface area (TPSA) is 109 Å². The average molecular weight is 443 g/mol. The number of carboxylic acid groups (broad SMARTS) is 1. The van der Waals surface area contributed by atoms with E-state index in [1.54, 1.807) is 18.5 Å². The number of carboxylic acids is 1. The third-order valence-corrected chi connectivity index (χ3v) is 4.40. The van der Waals surface area contributed by atoms with E-state index in [1.165, 1.54) is 0 Å². The number of carbonyl (C=O) groups is 1. The molecule has 3 heterocycles. The van der Waals surface area contributed by atoms with Crippen LogP contribution in [0.2, 0.25) is 0 Å². The highest BCUT2D eigenvalue weighted by Gasteiger charge is 2.38. The molecule has 1 aliphatic heterocycles. The molecule has 2 aromatic heterocycles. The van der Waals surface area contributed by atoms with Gasteiger partial charge in [0.15, 0.2) is 11.2 Å². The summed E-state index contributed by atoms with van der Waals surface area (Å²) in [5, 5.41) is 10.5. The van der Waals surface area contributed by atoms with Gasteiger partial charge in [0.2, 0.25) is 11.9 Å². The van der Waals surface area contributed by atoms with Gasteiger partial charge in [0, 0.05) is 47.3 Å². The van der Waals surface area contributed by atoms with E-state index in [1.807, 2.05) is 23.6 Å². The maximum Gasteiger partial charge on any atom is 0.490 e. The lowest BCUT2D eigenvalue weighted by molar-refractivity contribution is -0.192. The Morgan fingerprint density at radius 3 is 2.32 bits per heavy atom. The maximum atomic E-state index is 12.9. The van der Waals surface area contributed by atoms with E-state index < -0.39 is 12.1 Å². The molecule has 0 spiro atoms. The Hall–Kier alpha value is -3.27. The van der Waals surface area contributed by atoms with Crippen molar-refractivity contribution in [1.82, 2.24) is 24.4 Å². The summed E-state index contributed by atoms with van der Waals surface area (Å²) < 4.78 is 35.2. The van der Waals surface area contributed by atoms with Crippen LogP contribution in [0.4, 0.5) is 25.1 Å². The van der Waals surface area contributed by atoms with Crippen LogP contribution in [0.1, 0.15) is 6.92 Å². The zero-order chi connectivity index (χ0) is 23.3. The summed E-state index contributed by atoms with van der Waals surface area (Å²) in [4.78, 5) is 35.0. The lowest BCUT2D eigenvalue weighted by Crippen LogP contribution is -2.44. The van der Waals surface area contributed by atoms with Gasteiger partial charge >= 0.3 is 12.1 Å². The minimum atomic E-state index is -5.08. The van der Waals surface area contributed by atoms with Gasteiger partial charge < -0.3 is 20.2 Å².